The number of hydrogen-bond donors (Lipinski definition) is 1. The van der Waals surface area contributed by atoms with E-state index in [0.717, 1.165) is 4.90 Å². The molecule has 2 aromatic carbocycles. The van der Waals surface area contributed by atoms with Crippen molar-refractivity contribution in [3.05, 3.63) is 65.5 Å². The van der Waals surface area contributed by atoms with Crippen molar-refractivity contribution in [1.29, 1.82) is 0 Å². The molecule has 0 spiro atoms. The molecule has 0 saturated heterocycles. The lowest BCUT2D eigenvalue weighted by Gasteiger charge is -2.19. The van der Waals surface area contributed by atoms with Gasteiger partial charge in [-0.1, -0.05) is 38.1 Å². The second-order valence-electron chi connectivity index (χ2n) is 7.51. The van der Waals surface area contributed by atoms with E-state index in [1.807, 2.05) is 38.1 Å². The molecule has 7 heteroatoms. The van der Waals surface area contributed by atoms with Gasteiger partial charge in [0.2, 0.25) is 11.8 Å². The highest BCUT2D eigenvalue weighted by atomic mass is 16.3. The van der Waals surface area contributed by atoms with E-state index < -0.39 is 23.8 Å². The quantitative estimate of drug-likeness (QED) is 0.651. The van der Waals surface area contributed by atoms with E-state index >= 15 is 0 Å². The minimum Gasteiger partial charge on any atom is -0.438 e. The highest BCUT2D eigenvalue weighted by Crippen LogP contribution is 2.26. The molecule has 0 radical (unpaired) electrons. The van der Waals surface area contributed by atoms with Gasteiger partial charge in [0, 0.05) is 0 Å². The molecule has 1 aliphatic heterocycles. The lowest BCUT2D eigenvalue weighted by molar-refractivity contribution is -0.122. The van der Waals surface area contributed by atoms with Crippen molar-refractivity contribution in [2.75, 3.05) is 6.54 Å². The van der Waals surface area contributed by atoms with E-state index in [1.54, 1.807) is 24.3 Å². The molecular formula is C22H21N3O4. The van der Waals surface area contributed by atoms with Crippen LogP contribution in [-0.2, 0) is 4.79 Å². The number of imide groups is 1. The van der Waals surface area contributed by atoms with E-state index in [4.69, 9.17) is 4.42 Å². The molecule has 0 saturated carbocycles. The largest absolute Gasteiger partial charge is 0.438 e. The van der Waals surface area contributed by atoms with Gasteiger partial charge in [-0.3, -0.25) is 19.3 Å². The van der Waals surface area contributed by atoms with Gasteiger partial charge in [-0.2, -0.15) is 0 Å². The number of hydrogen-bond acceptors (Lipinski definition) is 5. The Bertz CT molecular complexity index is 1030. The molecule has 7 nitrogen and oxygen atoms in total. The Morgan fingerprint density at radius 3 is 2.28 bits per heavy atom. The van der Waals surface area contributed by atoms with Crippen molar-refractivity contribution in [3.8, 4) is 0 Å². The summed E-state index contributed by atoms with van der Waals surface area (Å²) in [6.07, 6.45) is 0.612. The molecular weight excluding hydrogens is 370 g/mol. The first kappa shape index (κ1) is 18.9. The summed E-state index contributed by atoms with van der Waals surface area (Å²) in [4.78, 5) is 43.1. The predicted molar refractivity (Wildman–Crippen MR) is 106 cm³/mol. The molecule has 3 amide bonds. The molecule has 0 fully saturated rings. The minimum atomic E-state index is -0.456. The average molecular weight is 391 g/mol. The van der Waals surface area contributed by atoms with E-state index in [1.165, 1.54) is 0 Å². The van der Waals surface area contributed by atoms with Gasteiger partial charge >= 0.3 is 0 Å². The summed E-state index contributed by atoms with van der Waals surface area (Å²) in [6.45, 7) is 3.72. The Labute approximate surface area is 167 Å². The summed E-state index contributed by atoms with van der Waals surface area (Å²) in [5.41, 5.74) is 2.00. The second-order valence-corrected chi connectivity index (χ2v) is 7.51. The smallest absolute Gasteiger partial charge is 0.262 e. The Morgan fingerprint density at radius 1 is 1.03 bits per heavy atom. The number of rotatable bonds is 6. The number of aromatic nitrogens is 1. The fraction of sp³-hybridized carbons (Fsp3) is 0.273. The van der Waals surface area contributed by atoms with Crippen LogP contribution < -0.4 is 5.32 Å². The van der Waals surface area contributed by atoms with Gasteiger partial charge in [0.05, 0.1) is 11.1 Å². The van der Waals surface area contributed by atoms with Gasteiger partial charge in [-0.15, -0.1) is 0 Å². The van der Waals surface area contributed by atoms with Crippen molar-refractivity contribution in [2.24, 2.45) is 5.92 Å². The fourth-order valence-corrected chi connectivity index (χ4v) is 3.50. The van der Waals surface area contributed by atoms with Crippen molar-refractivity contribution in [1.82, 2.24) is 15.2 Å². The lowest BCUT2D eigenvalue weighted by Crippen LogP contribution is -2.41. The van der Waals surface area contributed by atoms with Crippen LogP contribution in [0.2, 0.25) is 0 Å². The molecule has 2 heterocycles. The third-order valence-electron chi connectivity index (χ3n) is 4.83. The van der Waals surface area contributed by atoms with Gasteiger partial charge in [-0.25, -0.2) is 4.98 Å². The Balaban J connectivity index is 1.52. The summed E-state index contributed by atoms with van der Waals surface area (Å²) in [6, 6.07) is 13.5. The first-order chi connectivity index (χ1) is 13.9. The first-order valence-electron chi connectivity index (χ1n) is 9.54. The zero-order chi connectivity index (χ0) is 20.5. The Morgan fingerprint density at radius 2 is 1.66 bits per heavy atom. The number of para-hydroxylation sites is 2. The van der Waals surface area contributed by atoms with Gasteiger partial charge < -0.3 is 9.73 Å². The standard InChI is InChI=1S/C22H21N3O4/c1-13(2)11-17(20-24-16-9-5-6-10-18(16)29-20)23-19(26)12-25-21(27)14-7-3-4-8-15(14)22(25)28/h3-10,13,17H,11-12H2,1-2H3,(H,23,26)/t17-/m0/s1. The van der Waals surface area contributed by atoms with E-state index in [-0.39, 0.29) is 12.5 Å². The zero-order valence-corrected chi connectivity index (χ0v) is 16.2. The van der Waals surface area contributed by atoms with Crippen LogP contribution in [0, 0.1) is 5.92 Å². The van der Waals surface area contributed by atoms with Crippen LogP contribution in [0.3, 0.4) is 0 Å². The molecule has 3 aromatic rings. The molecule has 1 aromatic heterocycles. The van der Waals surface area contributed by atoms with Gasteiger partial charge in [0.15, 0.2) is 5.58 Å². The van der Waals surface area contributed by atoms with Crippen molar-refractivity contribution < 1.29 is 18.8 Å². The van der Waals surface area contributed by atoms with Crippen LogP contribution in [0.25, 0.3) is 11.1 Å². The minimum absolute atomic E-state index is 0.273. The first-order valence-corrected chi connectivity index (χ1v) is 9.54. The van der Waals surface area contributed by atoms with E-state index in [2.05, 4.69) is 10.3 Å². The maximum Gasteiger partial charge on any atom is 0.262 e. The fourth-order valence-electron chi connectivity index (χ4n) is 3.50. The van der Waals surface area contributed by atoms with Gasteiger partial charge in [-0.05, 0) is 36.6 Å². The van der Waals surface area contributed by atoms with Crippen molar-refractivity contribution >= 4 is 28.8 Å². The van der Waals surface area contributed by atoms with Crippen molar-refractivity contribution in [2.45, 2.75) is 26.3 Å². The molecule has 1 aliphatic rings. The third-order valence-corrected chi connectivity index (χ3v) is 4.83. The van der Waals surface area contributed by atoms with Crippen LogP contribution in [0.5, 0.6) is 0 Å². The summed E-state index contributed by atoms with van der Waals surface area (Å²) in [5.74, 6) is -0.663. The highest BCUT2D eigenvalue weighted by Gasteiger charge is 2.36. The molecule has 0 bridgehead atoms. The summed E-state index contributed by atoms with van der Waals surface area (Å²) < 4.78 is 5.82. The molecule has 1 N–H and O–H groups in total. The number of nitrogens with one attached hydrogen (secondary N) is 1. The van der Waals surface area contributed by atoms with Crippen LogP contribution >= 0.6 is 0 Å². The topological polar surface area (TPSA) is 92.5 Å². The SMILES string of the molecule is CC(C)C[C@H](NC(=O)CN1C(=O)c2ccccc2C1=O)c1nc2ccccc2o1. The maximum absolute atomic E-state index is 12.7. The molecule has 148 valence electrons. The molecule has 1 atom stereocenters. The van der Waals surface area contributed by atoms with Crippen molar-refractivity contribution in [3.63, 3.8) is 0 Å². The second kappa shape index (κ2) is 7.50. The van der Waals surface area contributed by atoms with E-state index in [9.17, 15) is 14.4 Å². The number of benzene rings is 2. The monoisotopic (exact) mass is 391 g/mol. The zero-order valence-electron chi connectivity index (χ0n) is 16.2. The molecule has 0 aliphatic carbocycles. The van der Waals surface area contributed by atoms with Crippen LogP contribution in [-0.4, -0.2) is 34.2 Å². The molecule has 29 heavy (non-hydrogen) atoms. The number of fused-ring (bicyclic) bond motifs is 2. The summed E-state index contributed by atoms with van der Waals surface area (Å²) in [7, 11) is 0. The number of carbonyl (C=O) groups is 3. The normalized spacial score (nSPS) is 14.5. The summed E-state index contributed by atoms with van der Waals surface area (Å²) in [5, 5.41) is 2.88. The highest BCUT2D eigenvalue weighted by molar-refractivity contribution is 6.22. The number of nitrogens with zero attached hydrogens (tertiary/aromatic N) is 2. The van der Waals surface area contributed by atoms with Crippen LogP contribution in [0.1, 0.15) is 52.9 Å². The number of amides is 3. The number of oxazole rings is 1. The number of carbonyl (C=O) groups excluding carboxylic acids is 3. The summed E-state index contributed by atoms with van der Waals surface area (Å²) >= 11 is 0. The molecule has 0 unspecified atom stereocenters. The Kier molecular flexibility index (Phi) is 4.88. The molecule has 4 rings (SSSR count). The third kappa shape index (κ3) is 3.63. The van der Waals surface area contributed by atoms with Crippen LogP contribution in [0.15, 0.2) is 52.9 Å². The Hall–Kier alpha value is -3.48. The van der Waals surface area contributed by atoms with Gasteiger partial charge in [0.25, 0.3) is 11.8 Å². The van der Waals surface area contributed by atoms with Crippen LogP contribution in [0.4, 0.5) is 0 Å². The average Bonchev–Trinajstić information content (AvgIpc) is 3.23. The van der Waals surface area contributed by atoms with E-state index in [0.29, 0.717) is 34.5 Å². The predicted octanol–water partition coefficient (Wildman–Crippen LogP) is 3.33. The van der Waals surface area contributed by atoms with Gasteiger partial charge in [0.1, 0.15) is 18.1 Å². The lowest BCUT2D eigenvalue weighted by atomic mass is 10.0. The maximum atomic E-state index is 12.7.